The number of hydrogen-bond acceptors (Lipinski definition) is 9. The number of carbonyl (C=O) groups is 4. The molecule has 0 spiro atoms. The van der Waals surface area contributed by atoms with E-state index in [0.29, 0.717) is 12.2 Å². The second kappa shape index (κ2) is 9.28. The topological polar surface area (TPSA) is 150 Å². The molecular formula is C16H14ClN5O6S2. The maximum atomic E-state index is 12.9. The molecule has 3 N–H and O–H groups in total. The van der Waals surface area contributed by atoms with Crippen molar-refractivity contribution in [3.63, 3.8) is 0 Å². The summed E-state index contributed by atoms with van der Waals surface area (Å²) in [4.78, 5) is 57.4. The highest BCUT2D eigenvalue weighted by molar-refractivity contribution is 8.00. The van der Waals surface area contributed by atoms with Crippen molar-refractivity contribution >= 4 is 69.7 Å². The second-order valence-corrected chi connectivity index (χ2v) is 8.46. The number of fused-ring (bicyclic) bond motifs is 1. The van der Waals surface area contributed by atoms with E-state index in [2.05, 4.69) is 27.4 Å². The van der Waals surface area contributed by atoms with Crippen LogP contribution in [0.5, 0.6) is 0 Å². The van der Waals surface area contributed by atoms with Crippen molar-refractivity contribution < 1.29 is 29.1 Å². The molecule has 1 saturated heterocycles. The van der Waals surface area contributed by atoms with E-state index in [1.165, 1.54) is 23.9 Å². The molecule has 2 aliphatic rings. The van der Waals surface area contributed by atoms with Crippen molar-refractivity contribution in [2.24, 2.45) is 5.16 Å². The van der Waals surface area contributed by atoms with Crippen LogP contribution in [0, 0.1) is 0 Å². The van der Waals surface area contributed by atoms with E-state index in [0.717, 1.165) is 16.2 Å². The molecule has 0 aliphatic carbocycles. The number of rotatable bonds is 9. The monoisotopic (exact) mass is 471 g/mol. The molecule has 3 rings (SSSR count). The average Bonchev–Trinajstić information content (AvgIpc) is 3.08. The number of amides is 3. The molecule has 0 radical (unpaired) electrons. The van der Waals surface area contributed by atoms with Gasteiger partial charge < -0.3 is 20.6 Å². The number of anilines is 1. The minimum absolute atomic E-state index is 0.000634. The standard InChI is InChI=1S/C16H14ClN5O6S2/c1-2-4-28-21-9(8-11(17)30-16(20-8)18-6-23)12(24)19-10-13(25)22-7(15(26)27)3-5-29-14(10)22/h2-3,6,10,14H,1,4-5H2,(H,19,24)(H,26,27)(H,18,20,23)/b21-9+/t10?,14-/m1/s1. The Morgan fingerprint density at radius 2 is 2.30 bits per heavy atom. The number of nitrogens with zero attached hydrogens (tertiary/aromatic N) is 3. The molecule has 1 unspecified atom stereocenters. The molecule has 0 bridgehead atoms. The van der Waals surface area contributed by atoms with Gasteiger partial charge in [-0.25, -0.2) is 9.78 Å². The van der Waals surface area contributed by atoms with Gasteiger partial charge in [-0.05, 0) is 6.08 Å². The van der Waals surface area contributed by atoms with Crippen LogP contribution in [-0.4, -0.2) is 68.7 Å². The zero-order valence-corrected chi connectivity index (χ0v) is 17.4. The molecule has 0 saturated carbocycles. The zero-order valence-electron chi connectivity index (χ0n) is 15.0. The molecule has 2 atom stereocenters. The summed E-state index contributed by atoms with van der Waals surface area (Å²) in [6, 6.07) is -0.958. The first-order valence-corrected chi connectivity index (χ1v) is 10.5. The lowest BCUT2D eigenvalue weighted by Crippen LogP contribution is -2.70. The van der Waals surface area contributed by atoms with E-state index in [4.69, 9.17) is 16.4 Å². The quantitative estimate of drug-likeness (QED) is 0.118. The van der Waals surface area contributed by atoms with Crippen LogP contribution in [-0.2, 0) is 24.0 Å². The van der Waals surface area contributed by atoms with E-state index in [-0.39, 0.29) is 33.2 Å². The Hall–Kier alpha value is -2.90. The number of nitrogens with one attached hydrogen (secondary N) is 2. The molecule has 14 heteroatoms. The summed E-state index contributed by atoms with van der Waals surface area (Å²) >= 11 is 8.34. The predicted molar refractivity (Wildman–Crippen MR) is 110 cm³/mol. The van der Waals surface area contributed by atoms with E-state index >= 15 is 0 Å². The van der Waals surface area contributed by atoms with Gasteiger partial charge in [0.15, 0.2) is 10.8 Å². The summed E-state index contributed by atoms with van der Waals surface area (Å²) in [6.45, 7) is 3.48. The van der Waals surface area contributed by atoms with Crippen LogP contribution in [0.15, 0.2) is 29.6 Å². The Bertz CT molecular complexity index is 977. The molecule has 30 heavy (non-hydrogen) atoms. The molecule has 0 aromatic carbocycles. The summed E-state index contributed by atoms with van der Waals surface area (Å²) in [5.41, 5.74) is -0.471. The third-order valence-corrected chi connectivity index (χ3v) is 6.28. The van der Waals surface area contributed by atoms with Gasteiger partial charge in [0.05, 0.1) is 0 Å². The van der Waals surface area contributed by atoms with Crippen LogP contribution >= 0.6 is 34.7 Å². The molecule has 1 fully saturated rings. The Labute approximate surface area is 182 Å². The Balaban J connectivity index is 1.81. The molecule has 3 amide bonds. The number of thiazole rings is 1. The van der Waals surface area contributed by atoms with Crippen molar-refractivity contribution in [2.75, 3.05) is 17.7 Å². The first-order valence-electron chi connectivity index (χ1n) is 8.25. The number of carboxylic acids is 1. The van der Waals surface area contributed by atoms with Crippen LogP contribution in [0.25, 0.3) is 0 Å². The number of aliphatic carboxylic acids is 1. The Morgan fingerprint density at radius 3 is 2.97 bits per heavy atom. The van der Waals surface area contributed by atoms with Crippen molar-refractivity contribution in [1.29, 1.82) is 0 Å². The zero-order chi connectivity index (χ0) is 21.8. The largest absolute Gasteiger partial charge is 0.477 e. The number of thioether (sulfide) groups is 1. The van der Waals surface area contributed by atoms with Gasteiger partial charge >= 0.3 is 5.97 Å². The maximum absolute atomic E-state index is 12.9. The second-order valence-electron chi connectivity index (χ2n) is 5.71. The number of hydrogen-bond donors (Lipinski definition) is 3. The lowest BCUT2D eigenvalue weighted by Gasteiger charge is -2.48. The number of carboxylic acid groups (broad SMARTS) is 1. The van der Waals surface area contributed by atoms with E-state index in [1.807, 2.05) is 0 Å². The van der Waals surface area contributed by atoms with Crippen LogP contribution < -0.4 is 10.6 Å². The minimum atomic E-state index is -1.22. The van der Waals surface area contributed by atoms with Gasteiger partial charge in [0.1, 0.15) is 33.7 Å². The van der Waals surface area contributed by atoms with Crippen LogP contribution in [0.2, 0.25) is 4.34 Å². The molecule has 158 valence electrons. The lowest BCUT2D eigenvalue weighted by atomic mass is 10.0. The van der Waals surface area contributed by atoms with Crippen LogP contribution in [0.4, 0.5) is 5.13 Å². The molecular weight excluding hydrogens is 458 g/mol. The van der Waals surface area contributed by atoms with Crippen molar-refractivity contribution in [2.45, 2.75) is 11.4 Å². The maximum Gasteiger partial charge on any atom is 0.352 e. The summed E-state index contributed by atoms with van der Waals surface area (Å²) in [6.07, 6.45) is 3.25. The highest BCUT2D eigenvalue weighted by Crippen LogP contribution is 2.37. The van der Waals surface area contributed by atoms with Gasteiger partial charge in [-0.15, -0.1) is 11.8 Å². The van der Waals surface area contributed by atoms with Gasteiger partial charge in [-0.1, -0.05) is 40.7 Å². The van der Waals surface area contributed by atoms with Gasteiger partial charge in [0.2, 0.25) is 6.41 Å². The summed E-state index contributed by atoms with van der Waals surface area (Å²) in [5.74, 6) is -2.20. The molecule has 3 heterocycles. The SMILES string of the molecule is C=CCO/N=C(/C(=O)NC1C(=O)N2C(C(=O)O)=CCS[C@H]12)c1nc(NC=O)sc1Cl. The summed E-state index contributed by atoms with van der Waals surface area (Å²) in [5, 5.41) is 17.4. The highest BCUT2D eigenvalue weighted by atomic mass is 35.5. The number of halogens is 1. The smallest absolute Gasteiger partial charge is 0.352 e. The fourth-order valence-corrected chi connectivity index (χ4v) is 4.85. The van der Waals surface area contributed by atoms with Crippen LogP contribution in [0.3, 0.4) is 0 Å². The summed E-state index contributed by atoms with van der Waals surface area (Å²) in [7, 11) is 0. The van der Waals surface area contributed by atoms with Gasteiger partial charge in [-0.2, -0.15) is 0 Å². The Kier molecular flexibility index (Phi) is 6.74. The minimum Gasteiger partial charge on any atom is -0.477 e. The van der Waals surface area contributed by atoms with Crippen molar-refractivity contribution in [3.05, 3.63) is 34.5 Å². The number of β-lactam (4-membered cyclic amide) rings is 1. The van der Waals surface area contributed by atoms with E-state index < -0.39 is 29.2 Å². The number of aromatic nitrogens is 1. The lowest BCUT2D eigenvalue weighted by molar-refractivity contribution is -0.150. The van der Waals surface area contributed by atoms with E-state index in [9.17, 15) is 24.3 Å². The predicted octanol–water partition coefficient (Wildman–Crippen LogP) is 0.640. The number of carbonyl (C=O) groups excluding carboxylic acids is 3. The molecule has 1 aromatic rings. The average molecular weight is 472 g/mol. The first-order chi connectivity index (χ1) is 14.4. The highest BCUT2D eigenvalue weighted by Gasteiger charge is 2.53. The molecule has 1 aromatic heterocycles. The first kappa shape index (κ1) is 21.8. The van der Waals surface area contributed by atoms with Crippen molar-refractivity contribution in [3.8, 4) is 0 Å². The van der Waals surface area contributed by atoms with Gasteiger partial charge in [0.25, 0.3) is 11.8 Å². The summed E-state index contributed by atoms with van der Waals surface area (Å²) < 4.78 is 0.0696. The number of oxime groups is 1. The molecule has 2 aliphatic heterocycles. The molecule has 11 nitrogen and oxygen atoms in total. The van der Waals surface area contributed by atoms with Crippen molar-refractivity contribution in [1.82, 2.24) is 15.2 Å². The van der Waals surface area contributed by atoms with Gasteiger partial charge in [-0.3, -0.25) is 19.3 Å². The Morgan fingerprint density at radius 1 is 1.53 bits per heavy atom. The third kappa shape index (κ3) is 4.17. The third-order valence-electron chi connectivity index (χ3n) is 3.91. The van der Waals surface area contributed by atoms with E-state index in [1.54, 1.807) is 0 Å². The fourth-order valence-electron chi connectivity index (χ4n) is 2.65. The van der Waals surface area contributed by atoms with Crippen LogP contribution in [0.1, 0.15) is 5.69 Å². The normalized spacial score (nSPS) is 20.4. The van der Waals surface area contributed by atoms with Gasteiger partial charge in [0, 0.05) is 5.75 Å². The fraction of sp³-hybridized carbons (Fsp3) is 0.250.